The number of likely N-dealkylation sites (N-methyl/N-ethyl adjacent to an activating group) is 1. The van der Waals surface area contributed by atoms with Crippen LogP contribution in [0.15, 0.2) is 66.2 Å². The molecule has 214 valence electrons. The third-order valence-electron chi connectivity index (χ3n) is 8.10. The monoisotopic (exact) mass is 555 g/mol. The summed E-state index contributed by atoms with van der Waals surface area (Å²) in [6.45, 7) is 9.66. The van der Waals surface area contributed by atoms with E-state index in [4.69, 9.17) is 4.74 Å². The molecule has 41 heavy (non-hydrogen) atoms. The third-order valence-corrected chi connectivity index (χ3v) is 8.10. The molecule has 0 radical (unpaired) electrons. The molecule has 3 aromatic rings. The van der Waals surface area contributed by atoms with Gasteiger partial charge < -0.3 is 24.7 Å². The zero-order valence-corrected chi connectivity index (χ0v) is 24.2. The Morgan fingerprint density at radius 1 is 0.927 bits per heavy atom. The van der Waals surface area contributed by atoms with Gasteiger partial charge in [0.2, 0.25) is 0 Å². The quantitative estimate of drug-likeness (QED) is 0.245. The van der Waals surface area contributed by atoms with Crippen LogP contribution in [-0.4, -0.2) is 67.1 Å². The van der Waals surface area contributed by atoms with Crippen LogP contribution in [0.25, 0.3) is 5.76 Å². The van der Waals surface area contributed by atoms with E-state index in [1.807, 2.05) is 57.2 Å². The molecule has 8 heteroatoms. The van der Waals surface area contributed by atoms with Gasteiger partial charge in [-0.1, -0.05) is 26.0 Å². The zero-order valence-electron chi connectivity index (χ0n) is 24.2. The lowest BCUT2D eigenvalue weighted by Gasteiger charge is -2.34. The Balaban J connectivity index is 1.62. The summed E-state index contributed by atoms with van der Waals surface area (Å²) in [6, 6.07) is 16.8. The van der Waals surface area contributed by atoms with E-state index >= 15 is 0 Å². The van der Waals surface area contributed by atoms with Gasteiger partial charge in [0.15, 0.2) is 0 Å². The molecule has 1 amide bonds. The molecule has 0 aromatic heterocycles. The average Bonchev–Trinajstić information content (AvgIpc) is 3.23. The number of Topliss-reactive ketones (excluding diaryl/α,β-unsaturated/α-hetero) is 1. The van der Waals surface area contributed by atoms with E-state index < -0.39 is 17.7 Å². The summed E-state index contributed by atoms with van der Waals surface area (Å²) in [4.78, 5) is 33.3. The number of aliphatic hydroxyl groups excluding tert-OH is 1. The van der Waals surface area contributed by atoms with Crippen LogP contribution in [0.2, 0.25) is 0 Å². The number of methoxy groups -OCH3 is 1. The number of nitrogens with zero attached hydrogens (tertiary/aromatic N) is 3. The Labute approximate surface area is 241 Å². The molecule has 3 aromatic carbocycles. The Morgan fingerprint density at radius 2 is 1.54 bits per heavy atom. The topological polar surface area (TPSA) is 93.5 Å². The molecular weight excluding hydrogens is 518 g/mol. The molecule has 2 fully saturated rings. The fourth-order valence-corrected chi connectivity index (χ4v) is 5.69. The van der Waals surface area contributed by atoms with Crippen LogP contribution < -0.4 is 14.5 Å². The number of aromatic hydroxyl groups is 1. The van der Waals surface area contributed by atoms with Crippen LogP contribution in [0.1, 0.15) is 48.1 Å². The highest BCUT2D eigenvalue weighted by atomic mass is 16.5. The van der Waals surface area contributed by atoms with Gasteiger partial charge in [0, 0.05) is 43.1 Å². The molecular formula is C33H37N3O5. The molecule has 2 aliphatic rings. The van der Waals surface area contributed by atoms with Crippen molar-refractivity contribution in [2.75, 3.05) is 50.1 Å². The number of hydrogen-bond donors (Lipinski definition) is 2. The normalized spacial score (nSPS) is 19.3. The third kappa shape index (κ3) is 5.27. The number of aryl methyl sites for hydroxylation is 1. The first kappa shape index (κ1) is 28.2. The molecule has 0 bridgehead atoms. The fourth-order valence-electron chi connectivity index (χ4n) is 5.69. The second kappa shape index (κ2) is 11.3. The van der Waals surface area contributed by atoms with Crippen molar-refractivity contribution < 1.29 is 24.5 Å². The van der Waals surface area contributed by atoms with Crippen LogP contribution in [-0.2, 0) is 9.59 Å². The Bertz CT molecular complexity index is 1490. The van der Waals surface area contributed by atoms with Crippen LogP contribution in [0.4, 0.5) is 11.4 Å². The first-order chi connectivity index (χ1) is 19.6. The molecule has 8 nitrogen and oxygen atoms in total. The fraction of sp³-hybridized carbons (Fsp3) is 0.333. The van der Waals surface area contributed by atoms with Crippen LogP contribution >= 0.6 is 0 Å². The van der Waals surface area contributed by atoms with Crippen molar-refractivity contribution in [3.8, 4) is 11.5 Å². The van der Waals surface area contributed by atoms with Crippen molar-refractivity contribution >= 4 is 28.8 Å². The van der Waals surface area contributed by atoms with Gasteiger partial charge >= 0.3 is 0 Å². The summed E-state index contributed by atoms with van der Waals surface area (Å²) in [5.74, 6) is -0.844. The summed E-state index contributed by atoms with van der Waals surface area (Å²) in [5, 5.41) is 21.7. The van der Waals surface area contributed by atoms with Crippen molar-refractivity contribution in [2.45, 2.75) is 32.7 Å². The minimum Gasteiger partial charge on any atom is -0.508 e. The second-order valence-electron chi connectivity index (χ2n) is 11.1. The number of ether oxygens (including phenoxy) is 1. The molecule has 1 unspecified atom stereocenters. The van der Waals surface area contributed by atoms with E-state index in [2.05, 4.69) is 16.8 Å². The molecule has 2 saturated heterocycles. The number of carbonyl (C=O) groups excluding carboxylic acids is 2. The predicted molar refractivity (Wildman–Crippen MR) is 161 cm³/mol. The van der Waals surface area contributed by atoms with Gasteiger partial charge in [-0.25, -0.2) is 0 Å². The standard InChI is InChI=1S/C33H37N3O5/c1-20(2)26-19-27(21(3)18-28(26)41-5)31(38)29-30(22-6-12-25(37)13-7-22)36(33(40)32(29)39)24-10-8-23(9-11-24)35-16-14-34(4)15-17-35/h6-13,18-20,30,37-38H,14-17H2,1-5H3/b31-29+. The summed E-state index contributed by atoms with van der Waals surface area (Å²) in [7, 11) is 3.71. The molecule has 0 spiro atoms. The minimum absolute atomic E-state index is 0.00630. The number of anilines is 2. The maximum absolute atomic E-state index is 13.7. The maximum Gasteiger partial charge on any atom is 0.300 e. The van der Waals surface area contributed by atoms with Gasteiger partial charge in [-0.15, -0.1) is 0 Å². The SMILES string of the molecule is COc1cc(C)c(/C(O)=C2\C(=O)C(=O)N(c3ccc(N4CCN(C)CC4)cc3)C2c2ccc(O)cc2)cc1C(C)C. The molecule has 0 aliphatic carbocycles. The van der Waals surface area contributed by atoms with E-state index in [9.17, 15) is 19.8 Å². The highest BCUT2D eigenvalue weighted by molar-refractivity contribution is 6.51. The number of carbonyl (C=O) groups is 2. The highest BCUT2D eigenvalue weighted by Gasteiger charge is 2.47. The number of amides is 1. The van der Waals surface area contributed by atoms with Crippen molar-refractivity contribution in [3.63, 3.8) is 0 Å². The summed E-state index contributed by atoms with van der Waals surface area (Å²) in [5.41, 5.74) is 4.28. The number of ketones is 1. The smallest absolute Gasteiger partial charge is 0.300 e. The summed E-state index contributed by atoms with van der Waals surface area (Å²) < 4.78 is 5.56. The van der Waals surface area contributed by atoms with E-state index in [0.29, 0.717) is 22.6 Å². The number of phenols is 1. The molecule has 5 rings (SSSR count). The van der Waals surface area contributed by atoms with Crippen molar-refractivity contribution in [2.24, 2.45) is 0 Å². The van der Waals surface area contributed by atoms with Crippen LogP contribution in [0.5, 0.6) is 11.5 Å². The number of hydrogen-bond acceptors (Lipinski definition) is 7. The highest BCUT2D eigenvalue weighted by Crippen LogP contribution is 2.44. The van der Waals surface area contributed by atoms with Crippen LogP contribution in [0, 0.1) is 6.92 Å². The Morgan fingerprint density at radius 3 is 2.12 bits per heavy atom. The molecule has 0 saturated carbocycles. The number of aliphatic hydroxyl groups is 1. The predicted octanol–water partition coefficient (Wildman–Crippen LogP) is 5.21. The molecule has 1 atom stereocenters. The van der Waals surface area contributed by atoms with E-state index in [1.54, 1.807) is 19.2 Å². The molecule has 2 N–H and O–H groups in total. The maximum atomic E-state index is 13.7. The minimum atomic E-state index is -0.880. The van der Waals surface area contributed by atoms with Crippen molar-refractivity contribution in [3.05, 3.63) is 88.5 Å². The van der Waals surface area contributed by atoms with E-state index in [1.165, 1.54) is 17.0 Å². The average molecular weight is 556 g/mol. The number of phenolic OH excluding ortho intramolecular Hbond substituents is 1. The lowest BCUT2D eigenvalue weighted by Crippen LogP contribution is -2.44. The van der Waals surface area contributed by atoms with Crippen molar-refractivity contribution in [1.82, 2.24) is 4.90 Å². The van der Waals surface area contributed by atoms with Crippen molar-refractivity contribution in [1.29, 1.82) is 0 Å². The van der Waals surface area contributed by atoms with E-state index in [-0.39, 0.29) is 23.0 Å². The first-order valence-corrected chi connectivity index (χ1v) is 13.9. The lowest BCUT2D eigenvalue weighted by molar-refractivity contribution is -0.132. The van der Waals surface area contributed by atoms with E-state index in [0.717, 1.165) is 43.0 Å². The Kier molecular flexibility index (Phi) is 7.78. The molecule has 2 aliphatic heterocycles. The largest absolute Gasteiger partial charge is 0.508 e. The summed E-state index contributed by atoms with van der Waals surface area (Å²) >= 11 is 0. The number of rotatable bonds is 6. The lowest BCUT2D eigenvalue weighted by atomic mass is 9.91. The first-order valence-electron chi connectivity index (χ1n) is 13.9. The van der Waals surface area contributed by atoms with Crippen LogP contribution in [0.3, 0.4) is 0 Å². The second-order valence-corrected chi connectivity index (χ2v) is 11.1. The van der Waals surface area contributed by atoms with Gasteiger partial charge in [0.05, 0.1) is 18.7 Å². The van der Waals surface area contributed by atoms with Gasteiger partial charge in [-0.2, -0.15) is 0 Å². The number of benzene rings is 3. The van der Waals surface area contributed by atoms with Gasteiger partial charge in [-0.05, 0) is 85.1 Å². The molecule has 2 heterocycles. The summed E-state index contributed by atoms with van der Waals surface area (Å²) in [6.07, 6.45) is 0. The van der Waals surface area contributed by atoms with Gasteiger partial charge in [0.25, 0.3) is 11.7 Å². The number of piperazine rings is 1. The Hall–Kier alpha value is -4.30. The van der Waals surface area contributed by atoms with Gasteiger partial charge in [0.1, 0.15) is 17.3 Å². The van der Waals surface area contributed by atoms with Gasteiger partial charge in [-0.3, -0.25) is 14.5 Å². The zero-order chi connectivity index (χ0) is 29.4.